The van der Waals surface area contributed by atoms with Crippen molar-refractivity contribution in [3.63, 3.8) is 0 Å². The molecule has 1 aromatic carbocycles. The molecular weight excluding hydrogens is 280 g/mol. The van der Waals surface area contributed by atoms with E-state index in [0.717, 1.165) is 12.8 Å². The highest BCUT2D eigenvalue weighted by Gasteiger charge is 2.24. The smallest absolute Gasteiger partial charge is 0.387 e. The first-order valence-corrected chi connectivity index (χ1v) is 7.05. The number of piperidine rings is 1. The van der Waals surface area contributed by atoms with E-state index in [-0.39, 0.29) is 18.3 Å². The molecule has 0 bridgehead atoms. The average Bonchev–Trinajstić information content (AvgIpc) is 2.47. The number of rotatable bonds is 5. The molecule has 4 nitrogen and oxygen atoms in total. The lowest BCUT2D eigenvalue weighted by atomic mass is 9.94. The van der Waals surface area contributed by atoms with E-state index in [4.69, 9.17) is 5.11 Å². The van der Waals surface area contributed by atoms with Gasteiger partial charge in [-0.25, -0.2) is 0 Å². The van der Waals surface area contributed by atoms with Crippen LogP contribution in [0, 0.1) is 5.92 Å². The highest BCUT2D eigenvalue weighted by molar-refractivity contribution is 5.94. The Labute approximate surface area is 122 Å². The fourth-order valence-electron chi connectivity index (χ4n) is 2.66. The summed E-state index contributed by atoms with van der Waals surface area (Å²) in [5, 5.41) is 8.99. The Hall–Kier alpha value is -1.69. The monoisotopic (exact) mass is 299 g/mol. The van der Waals surface area contributed by atoms with Crippen LogP contribution in [-0.4, -0.2) is 42.2 Å². The van der Waals surface area contributed by atoms with Crippen molar-refractivity contribution in [3.05, 3.63) is 29.8 Å². The van der Waals surface area contributed by atoms with Gasteiger partial charge < -0.3 is 14.7 Å². The second-order valence-corrected chi connectivity index (χ2v) is 5.18. The minimum absolute atomic E-state index is 0.0141. The number of amides is 1. The van der Waals surface area contributed by atoms with Crippen molar-refractivity contribution in [3.8, 4) is 5.75 Å². The molecule has 1 aliphatic heterocycles. The van der Waals surface area contributed by atoms with Gasteiger partial charge in [-0.15, -0.1) is 0 Å². The van der Waals surface area contributed by atoms with Crippen LogP contribution in [-0.2, 0) is 0 Å². The zero-order valence-electron chi connectivity index (χ0n) is 11.7. The van der Waals surface area contributed by atoms with Gasteiger partial charge in [0.05, 0.1) is 0 Å². The first-order chi connectivity index (χ1) is 10.1. The number of benzene rings is 1. The first kappa shape index (κ1) is 15.7. The number of alkyl halides is 2. The third-order valence-electron chi connectivity index (χ3n) is 3.65. The topological polar surface area (TPSA) is 49.8 Å². The summed E-state index contributed by atoms with van der Waals surface area (Å²) in [6.07, 6.45) is 2.57. The Balaban J connectivity index is 2.05. The van der Waals surface area contributed by atoms with Gasteiger partial charge in [-0.2, -0.15) is 8.78 Å². The van der Waals surface area contributed by atoms with Crippen LogP contribution in [0.2, 0.25) is 0 Å². The fourth-order valence-corrected chi connectivity index (χ4v) is 2.66. The van der Waals surface area contributed by atoms with Crippen LogP contribution in [0.15, 0.2) is 24.3 Å². The van der Waals surface area contributed by atoms with Crippen molar-refractivity contribution in [2.24, 2.45) is 5.92 Å². The molecule has 1 aliphatic rings. The number of hydrogen-bond donors (Lipinski definition) is 1. The Kier molecular flexibility index (Phi) is 5.50. The molecule has 6 heteroatoms. The predicted molar refractivity (Wildman–Crippen MR) is 73.4 cm³/mol. The summed E-state index contributed by atoms with van der Waals surface area (Å²) in [5.74, 6) is 0.102. The number of aliphatic hydroxyl groups excluding tert-OH is 1. The quantitative estimate of drug-likeness (QED) is 0.909. The van der Waals surface area contributed by atoms with Crippen molar-refractivity contribution < 1.29 is 23.4 Å². The number of ether oxygens (including phenoxy) is 1. The number of hydrogen-bond acceptors (Lipinski definition) is 3. The highest BCUT2D eigenvalue weighted by atomic mass is 19.3. The molecule has 21 heavy (non-hydrogen) atoms. The number of carbonyl (C=O) groups excluding carboxylic acids is 1. The average molecular weight is 299 g/mol. The van der Waals surface area contributed by atoms with E-state index in [9.17, 15) is 13.6 Å². The van der Waals surface area contributed by atoms with Crippen LogP contribution in [0.1, 0.15) is 29.6 Å². The van der Waals surface area contributed by atoms with Gasteiger partial charge in [0.2, 0.25) is 0 Å². The summed E-state index contributed by atoms with van der Waals surface area (Å²) >= 11 is 0. The van der Waals surface area contributed by atoms with E-state index in [1.165, 1.54) is 18.2 Å². The van der Waals surface area contributed by atoms with Crippen LogP contribution in [0.5, 0.6) is 5.75 Å². The maximum absolute atomic E-state index is 12.4. The molecule has 116 valence electrons. The largest absolute Gasteiger partial charge is 0.435 e. The molecule has 0 spiro atoms. The third kappa shape index (κ3) is 4.39. The van der Waals surface area contributed by atoms with Crippen molar-refractivity contribution in [2.45, 2.75) is 25.9 Å². The van der Waals surface area contributed by atoms with Gasteiger partial charge in [0.15, 0.2) is 0 Å². The molecule has 0 radical (unpaired) electrons. The zero-order valence-corrected chi connectivity index (χ0v) is 11.7. The van der Waals surface area contributed by atoms with Crippen LogP contribution in [0.4, 0.5) is 8.78 Å². The third-order valence-corrected chi connectivity index (χ3v) is 3.65. The minimum Gasteiger partial charge on any atom is -0.435 e. The molecule has 1 atom stereocenters. The van der Waals surface area contributed by atoms with Crippen LogP contribution >= 0.6 is 0 Å². The summed E-state index contributed by atoms with van der Waals surface area (Å²) in [4.78, 5) is 14.1. The second-order valence-electron chi connectivity index (χ2n) is 5.18. The maximum atomic E-state index is 12.4. The van der Waals surface area contributed by atoms with Crippen molar-refractivity contribution >= 4 is 5.91 Å². The number of likely N-dealkylation sites (tertiary alicyclic amines) is 1. The van der Waals surface area contributed by atoms with E-state index < -0.39 is 6.61 Å². The van der Waals surface area contributed by atoms with Gasteiger partial charge >= 0.3 is 6.61 Å². The van der Waals surface area contributed by atoms with Gasteiger partial charge in [0.25, 0.3) is 5.91 Å². The summed E-state index contributed by atoms with van der Waals surface area (Å²) in [7, 11) is 0. The molecule has 1 amide bonds. The van der Waals surface area contributed by atoms with Crippen molar-refractivity contribution in [1.29, 1.82) is 0 Å². The van der Waals surface area contributed by atoms with Crippen LogP contribution < -0.4 is 4.74 Å². The number of halogens is 2. The summed E-state index contributed by atoms with van der Waals surface area (Å²) in [5.41, 5.74) is 0.345. The Morgan fingerprint density at radius 2 is 2.29 bits per heavy atom. The standard InChI is InChI=1S/C15H19F2NO3/c16-15(17)21-13-5-1-4-12(9-13)14(20)18-7-2-3-11(10-18)6-8-19/h1,4-5,9,11,15,19H,2-3,6-8,10H2. The van der Waals surface area contributed by atoms with E-state index in [1.54, 1.807) is 11.0 Å². The molecular formula is C15H19F2NO3. The maximum Gasteiger partial charge on any atom is 0.387 e. The first-order valence-electron chi connectivity index (χ1n) is 7.05. The van der Waals surface area contributed by atoms with Gasteiger partial charge in [-0.05, 0) is 43.4 Å². The number of aliphatic hydroxyl groups is 1. The molecule has 0 aromatic heterocycles. The van der Waals surface area contributed by atoms with E-state index >= 15 is 0 Å². The molecule has 0 aliphatic carbocycles. The molecule has 1 fully saturated rings. The van der Waals surface area contributed by atoms with Gasteiger partial charge in [0.1, 0.15) is 5.75 Å². The number of carbonyl (C=O) groups is 1. The highest BCUT2D eigenvalue weighted by Crippen LogP contribution is 2.22. The van der Waals surface area contributed by atoms with E-state index in [0.29, 0.717) is 31.0 Å². The van der Waals surface area contributed by atoms with E-state index in [1.807, 2.05) is 0 Å². The Morgan fingerprint density at radius 1 is 1.48 bits per heavy atom. The summed E-state index contributed by atoms with van der Waals surface area (Å²) in [6, 6.07) is 5.86. The lowest BCUT2D eigenvalue weighted by Crippen LogP contribution is -2.40. The lowest BCUT2D eigenvalue weighted by molar-refractivity contribution is -0.0499. The van der Waals surface area contributed by atoms with Gasteiger partial charge in [0, 0.05) is 25.3 Å². The summed E-state index contributed by atoms with van der Waals surface area (Å²) in [6.45, 7) is -1.54. The predicted octanol–water partition coefficient (Wildman–Crippen LogP) is 2.52. The molecule has 0 saturated carbocycles. The second kappa shape index (κ2) is 7.36. The molecule has 1 unspecified atom stereocenters. The summed E-state index contributed by atoms with van der Waals surface area (Å²) < 4.78 is 28.7. The van der Waals surface area contributed by atoms with Crippen molar-refractivity contribution in [2.75, 3.05) is 19.7 Å². The van der Waals surface area contributed by atoms with E-state index in [2.05, 4.69) is 4.74 Å². The Bertz CT molecular complexity index is 480. The van der Waals surface area contributed by atoms with Gasteiger partial charge in [-0.3, -0.25) is 4.79 Å². The SMILES string of the molecule is O=C(c1cccc(OC(F)F)c1)N1CCCC(CCO)C1. The van der Waals surface area contributed by atoms with Crippen LogP contribution in [0.3, 0.4) is 0 Å². The molecule has 1 N–H and O–H groups in total. The zero-order chi connectivity index (χ0) is 15.2. The molecule has 2 rings (SSSR count). The fraction of sp³-hybridized carbons (Fsp3) is 0.533. The van der Waals surface area contributed by atoms with Gasteiger partial charge in [-0.1, -0.05) is 6.07 Å². The minimum atomic E-state index is -2.90. The normalized spacial score (nSPS) is 18.9. The van der Waals surface area contributed by atoms with Crippen LogP contribution in [0.25, 0.3) is 0 Å². The van der Waals surface area contributed by atoms with Crippen molar-refractivity contribution in [1.82, 2.24) is 4.90 Å². The Morgan fingerprint density at radius 3 is 3.00 bits per heavy atom. The molecule has 1 saturated heterocycles. The molecule has 1 heterocycles. The lowest BCUT2D eigenvalue weighted by Gasteiger charge is -2.32. The number of nitrogens with zero attached hydrogens (tertiary/aromatic N) is 1. The molecule has 1 aromatic rings.